The Morgan fingerprint density at radius 3 is 2.41 bits per heavy atom. The molecule has 1 amide bonds. The fraction of sp³-hybridized carbons (Fsp3) is 0.526. The number of carbonyl (C=O) groups is 3. The number of hydrogen-bond acceptors (Lipinski definition) is 6. The van der Waals surface area contributed by atoms with Crippen LogP contribution in [0, 0.1) is 0 Å². The Labute approximate surface area is 158 Å². The van der Waals surface area contributed by atoms with Gasteiger partial charge in [-0.25, -0.2) is 9.59 Å². The normalized spacial score (nSPS) is 12.0. The zero-order chi connectivity index (χ0) is 20.4. The second-order valence-corrected chi connectivity index (χ2v) is 6.84. The first-order valence-corrected chi connectivity index (χ1v) is 8.65. The summed E-state index contributed by atoms with van der Waals surface area (Å²) < 4.78 is 15.4. The highest BCUT2D eigenvalue weighted by Gasteiger charge is 2.27. The first-order chi connectivity index (χ1) is 12.6. The lowest BCUT2D eigenvalue weighted by Crippen LogP contribution is -2.38. The van der Waals surface area contributed by atoms with E-state index in [0.29, 0.717) is 37.2 Å². The SMILES string of the molecule is COC(=O)CCCCOc1ccccc1C(NC(=O)OC(C)(C)C)C(=O)O. The summed E-state index contributed by atoms with van der Waals surface area (Å²) in [4.78, 5) is 34.7. The number of para-hydroxylation sites is 1. The summed E-state index contributed by atoms with van der Waals surface area (Å²) in [7, 11) is 1.33. The summed E-state index contributed by atoms with van der Waals surface area (Å²) in [6.45, 7) is 5.36. The van der Waals surface area contributed by atoms with Crippen molar-refractivity contribution in [2.24, 2.45) is 0 Å². The van der Waals surface area contributed by atoms with Crippen LogP contribution in [0.5, 0.6) is 5.75 Å². The third kappa shape index (κ3) is 8.44. The number of rotatable bonds is 9. The Hall–Kier alpha value is -2.77. The van der Waals surface area contributed by atoms with E-state index in [9.17, 15) is 19.5 Å². The molecular formula is C19H27NO7. The number of esters is 1. The minimum atomic E-state index is -1.31. The van der Waals surface area contributed by atoms with E-state index in [-0.39, 0.29) is 5.97 Å². The number of benzene rings is 1. The van der Waals surface area contributed by atoms with Crippen molar-refractivity contribution in [2.45, 2.75) is 51.7 Å². The van der Waals surface area contributed by atoms with E-state index in [1.165, 1.54) is 7.11 Å². The molecule has 2 N–H and O–H groups in total. The van der Waals surface area contributed by atoms with Crippen molar-refractivity contribution < 1.29 is 33.7 Å². The number of ether oxygens (including phenoxy) is 3. The van der Waals surface area contributed by atoms with Gasteiger partial charge in [0.25, 0.3) is 0 Å². The van der Waals surface area contributed by atoms with Crippen molar-refractivity contribution in [3.05, 3.63) is 29.8 Å². The van der Waals surface area contributed by atoms with E-state index < -0.39 is 23.7 Å². The highest BCUT2D eigenvalue weighted by molar-refractivity contribution is 5.82. The summed E-state index contributed by atoms with van der Waals surface area (Å²) in [6.07, 6.45) is 0.649. The van der Waals surface area contributed by atoms with Crippen LogP contribution in [0.4, 0.5) is 4.79 Å². The van der Waals surface area contributed by atoms with Crippen molar-refractivity contribution in [1.82, 2.24) is 5.32 Å². The van der Waals surface area contributed by atoms with E-state index in [2.05, 4.69) is 10.1 Å². The number of alkyl carbamates (subject to hydrolysis) is 1. The quantitative estimate of drug-likeness (QED) is 0.499. The summed E-state index contributed by atoms with van der Waals surface area (Å²) in [5.41, 5.74) is -0.438. The summed E-state index contributed by atoms with van der Waals surface area (Å²) in [5, 5.41) is 11.9. The molecule has 1 rings (SSSR count). The second kappa shape index (κ2) is 10.4. The van der Waals surface area contributed by atoms with Gasteiger partial charge in [0, 0.05) is 12.0 Å². The molecule has 0 aliphatic carbocycles. The van der Waals surface area contributed by atoms with E-state index >= 15 is 0 Å². The molecule has 0 aliphatic rings. The molecule has 8 heteroatoms. The van der Waals surface area contributed by atoms with Gasteiger partial charge < -0.3 is 24.6 Å². The molecule has 1 aromatic carbocycles. The van der Waals surface area contributed by atoms with E-state index in [1.54, 1.807) is 45.0 Å². The maximum Gasteiger partial charge on any atom is 0.408 e. The molecule has 1 atom stereocenters. The molecule has 0 saturated carbocycles. The number of carbonyl (C=O) groups excluding carboxylic acids is 2. The lowest BCUT2D eigenvalue weighted by molar-refractivity contribution is -0.141. The predicted octanol–water partition coefficient (Wildman–Crippen LogP) is 3.06. The topological polar surface area (TPSA) is 111 Å². The van der Waals surface area contributed by atoms with Gasteiger partial charge in [-0.05, 0) is 39.7 Å². The van der Waals surface area contributed by atoms with Crippen LogP contribution in [0.2, 0.25) is 0 Å². The largest absolute Gasteiger partial charge is 0.493 e. The molecule has 0 heterocycles. The number of nitrogens with one attached hydrogen (secondary N) is 1. The zero-order valence-electron chi connectivity index (χ0n) is 16.1. The minimum absolute atomic E-state index is 0.289. The van der Waals surface area contributed by atoms with Gasteiger partial charge in [0.1, 0.15) is 11.4 Å². The van der Waals surface area contributed by atoms with Gasteiger partial charge in [0.15, 0.2) is 6.04 Å². The Bertz CT molecular complexity index is 652. The number of carboxylic acids is 1. The third-order valence-electron chi connectivity index (χ3n) is 3.40. The van der Waals surface area contributed by atoms with Crippen molar-refractivity contribution in [3.8, 4) is 5.75 Å². The number of carboxylic acid groups (broad SMARTS) is 1. The van der Waals surface area contributed by atoms with Crippen LogP contribution in [0.25, 0.3) is 0 Å². The zero-order valence-corrected chi connectivity index (χ0v) is 16.1. The van der Waals surface area contributed by atoms with Gasteiger partial charge in [-0.3, -0.25) is 4.79 Å². The van der Waals surface area contributed by atoms with Gasteiger partial charge >= 0.3 is 18.0 Å². The minimum Gasteiger partial charge on any atom is -0.493 e. The Morgan fingerprint density at radius 2 is 1.81 bits per heavy atom. The predicted molar refractivity (Wildman–Crippen MR) is 97.6 cm³/mol. The molecule has 1 unspecified atom stereocenters. The number of hydrogen-bond donors (Lipinski definition) is 2. The lowest BCUT2D eigenvalue weighted by atomic mass is 10.1. The molecule has 0 bridgehead atoms. The molecule has 0 aromatic heterocycles. The molecule has 0 fully saturated rings. The van der Waals surface area contributed by atoms with Crippen molar-refractivity contribution in [3.63, 3.8) is 0 Å². The average Bonchev–Trinajstić information content (AvgIpc) is 2.58. The molecule has 0 spiro atoms. The molecular weight excluding hydrogens is 354 g/mol. The van der Waals surface area contributed by atoms with Crippen molar-refractivity contribution in [1.29, 1.82) is 0 Å². The van der Waals surface area contributed by atoms with E-state index in [1.807, 2.05) is 0 Å². The van der Waals surface area contributed by atoms with Gasteiger partial charge in [-0.2, -0.15) is 0 Å². The van der Waals surface area contributed by atoms with Gasteiger partial charge in [0.2, 0.25) is 0 Å². The summed E-state index contributed by atoms with van der Waals surface area (Å²) in [5.74, 6) is -1.18. The standard InChI is InChI=1S/C19H27NO7/c1-19(2,3)27-18(24)20-16(17(22)23)13-9-5-6-10-14(13)26-12-8-7-11-15(21)25-4/h5-6,9-10,16H,7-8,11-12H2,1-4H3,(H,20,24)(H,22,23). The van der Waals surface area contributed by atoms with Crippen LogP contribution in [0.15, 0.2) is 24.3 Å². The number of methoxy groups -OCH3 is 1. The van der Waals surface area contributed by atoms with Gasteiger partial charge in [-0.1, -0.05) is 18.2 Å². The first kappa shape index (κ1) is 22.3. The molecule has 1 aromatic rings. The molecule has 150 valence electrons. The van der Waals surface area contributed by atoms with Crippen LogP contribution in [-0.2, 0) is 19.1 Å². The monoisotopic (exact) mass is 381 g/mol. The maximum atomic E-state index is 12.0. The first-order valence-electron chi connectivity index (χ1n) is 8.65. The fourth-order valence-corrected chi connectivity index (χ4v) is 2.20. The lowest BCUT2D eigenvalue weighted by Gasteiger charge is -2.23. The molecule has 0 radical (unpaired) electrons. The van der Waals surface area contributed by atoms with Crippen LogP contribution in [0.1, 0.15) is 51.6 Å². The molecule has 0 saturated heterocycles. The van der Waals surface area contributed by atoms with Crippen LogP contribution in [-0.4, -0.2) is 42.5 Å². The highest BCUT2D eigenvalue weighted by atomic mass is 16.6. The van der Waals surface area contributed by atoms with Crippen LogP contribution in [0.3, 0.4) is 0 Å². The number of aliphatic carboxylic acids is 1. The van der Waals surface area contributed by atoms with E-state index in [0.717, 1.165) is 0 Å². The van der Waals surface area contributed by atoms with Gasteiger partial charge in [-0.15, -0.1) is 0 Å². The van der Waals surface area contributed by atoms with Crippen LogP contribution >= 0.6 is 0 Å². The highest BCUT2D eigenvalue weighted by Crippen LogP contribution is 2.26. The number of amides is 1. The van der Waals surface area contributed by atoms with Crippen molar-refractivity contribution in [2.75, 3.05) is 13.7 Å². The van der Waals surface area contributed by atoms with Crippen LogP contribution < -0.4 is 10.1 Å². The smallest absolute Gasteiger partial charge is 0.408 e. The fourth-order valence-electron chi connectivity index (χ4n) is 2.20. The Kier molecular flexibility index (Phi) is 8.58. The summed E-state index contributed by atoms with van der Waals surface area (Å²) >= 11 is 0. The molecule has 8 nitrogen and oxygen atoms in total. The maximum absolute atomic E-state index is 12.0. The average molecular weight is 381 g/mol. The third-order valence-corrected chi connectivity index (χ3v) is 3.40. The molecule has 27 heavy (non-hydrogen) atoms. The second-order valence-electron chi connectivity index (χ2n) is 6.84. The Morgan fingerprint density at radius 1 is 1.15 bits per heavy atom. The Balaban J connectivity index is 2.76. The van der Waals surface area contributed by atoms with E-state index in [4.69, 9.17) is 9.47 Å². The van der Waals surface area contributed by atoms with Crippen molar-refractivity contribution >= 4 is 18.0 Å². The van der Waals surface area contributed by atoms with Gasteiger partial charge in [0.05, 0.1) is 13.7 Å². The molecule has 0 aliphatic heterocycles. The number of unbranched alkanes of at least 4 members (excludes halogenated alkanes) is 1. The summed E-state index contributed by atoms with van der Waals surface area (Å²) in [6, 6.07) is 5.25.